The van der Waals surface area contributed by atoms with Crippen LogP contribution in [0.5, 0.6) is 0 Å². The molecule has 0 spiro atoms. The van der Waals surface area contributed by atoms with Gasteiger partial charge in [0.05, 0.1) is 6.54 Å². The van der Waals surface area contributed by atoms with E-state index >= 15 is 0 Å². The van der Waals surface area contributed by atoms with Gasteiger partial charge in [0, 0.05) is 19.3 Å². The van der Waals surface area contributed by atoms with E-state index in [1.165, 1.54) is 6.92 Å². The van der Waals surface area contributed by atoms with Crippen LogP contribution in [0.2, 0.25) is 0 Å². The molecule has 0 bridgehead atoms. The molecule has 0 aromatic carbocycles. The summed E-state index contributed by atoms with van der Waals surface area (Å²) in [5, 5.41) is 5.13. The molecule has 0 aliphatic rings. The molecule has 15 heavy (non-hydrogen) atoms. The lowest BCUT2D eigenvalue weighted by Crippen LogP contribution is -2.43. The Morgan fingerprint density at radius 2 is 2.33 bits per heavy atom. The minimum atomic E-state index is -0.530. The summed E-state index contributed by atoms with van der Waals surface area (Å²) < 4.78 is 0. The Balaban J connectivity index is 2.32. The van der Waals surface area contributed by atoms with Gasteiger partial charge in [-0.1, -0.05) is 0 Å². The molecule has 0 saturated carbocycles. The number of amides is 2. The SMILES string of the molecule is CC(=O)NC(C)C(=O)NCc1ncc[nH]1. The van der Waals surface area contributed by atoms with Crippen LogP contribution >= 0.6 is 0 Å². The highest BCUT2D eigenvalue weighted by Gasteiger charge is 2.12. The third-order valence-electron chi connectivity index (χ3n) is 1.80. The van der Waals surface area contributed by atoms with Crippen LogP contribution in [-0.4, -0.2) is 27.8 Å². The lowest BCUT2D eigenvalue weighted by molar-refractivity contribution is -0.127. The molecule has 1 atom stereocenters. The van der Waals surface area contributed by atoms with E-state index in [2.05, 4.69) is 20.6 Å². The highest BCUT2D eigenvalue weighted by molar-refractivity contribution is 5.86. The summed E-state index contributed by atoms with van der Waals surface area (Å²) in [7, 11) is 0. The van der Waals surface area contributed by atoms with Gasteiger partial charge in [0.15, 0.2) is 0 Å². The number of carbonyl (C=O) groups excluding carboxylic acids is 2. The first-order chi connectivity index (χ1) is 7.09. The molecule has 0 radical (unpaired) electrons. The fourth-order valence-corrected chi connectivity index (χ4v) is 1.09. The average molecular weight is 210 g/mol. The summed E-state index contributed by atoms with van der Waals surface area (Å²) in [6.45, 7) is 3.32. The van der Waals surface area contributed by atoms with E-state index < -0.39 is 6.04 Å². The number of rotatable bonds is 4. The van der Waals surface area contributed by atoms with Crippen molar-refractivity contribution in [1.82, 2.24) is 20.6 Å². The van der Waals surface area contributed by atoms with Crippen LogP contribution in [0.15, 0.2) is 12.4 Å². The maximum Gasteiger partial charge on any atom is 0.242 e. The quantitative estimate of drug-likeness (QED) is 0.629. The zero-order valence-corrected chi connectivity index (χ0v) is 8.70. The molecule has 0 fully saturated rings. The normalized spacial score (nSPS) is 11.9. The molecular formula is C9H14N4O2. The lowest BCUT2D eigenvalue weighted by Gasteiger charge is -2.11. The van der Waals surface area contributed by atoms with Crippen LogP contribution in [0.25, 0.3) is 0 Å². The smallest absolute Gasteiger partial charge is 0.242 e. The largest absolute Gasteiger partial charge is 0.347 e. The van der Waals surface area contributed by atoms with Gasteiger partial charge >= 0.3 is 0 Å². The second-order valence-corrected chi connectivity index (χ2v) is 3.18. The summed E-state index contributed by atoms with van der Waals surface area (Å²) in [5.74, 6) is 0.218. The highest BCUT2D eigenvalue weighted by atomic mass is 16.2. The number of imidazole rings is 1. The minimum Gasteiger partial charge on any atom is -0.347 e. The fraction of sp³-hybridized carbons (Fsp3) is 0.444. The summed E-state index contributed by atoms with van der Waals surface area (Å²) >= 11 is 0. The topological polar surface area (TPSA) is 86.9 Å². The molecule has 82 valence electrons. The van der Waals surface area contributed by atoms with Crippen LogP contribution in [0, 0.1) is 0 Å². The highest BCUT2D eigenvalue weighted by Crippen LogP contribution is 1.88. The summed E-state index contributed by atoms with van der Waals surface area (Å²) in [5.41, 5.74) is 0. The van der Waals surface area contributed by atoms with Gasteiger partial charge in [-0.25, -0.2) is 4.98 Å². The van der Waals surface area contributed by atoms with Gasteiger partial charge in [-0.15, -0.1) is 0 Å². The standard InChI is InChI=1S/C9H14N4O2/c1-6(13-7(2)14)9(15)12-5-8-10-3-4-11-8/h3-4,6H,5H2,1-2H3,(H,10,11)(H,12,15)(H,13,14). The van der Waals surface area contributed by atoms with E-state index in [4.69, 9.17) is 0 Å². The summed E-state index contributed by atoms with van der Waals surface area (Å²) in [6, 6.07) is -0.530. The van der Waals surface area contributed by atoms with Gasteiger partial charge in [0.2, 0.25) is 11.8 Å². The third-order valence-corrected chi connectivity index (χ3v) is 1.80. The van der Waals surface area contributed by atoms with Crippen LogP contribution in [0.4, 0.5) is 0 Å². The van der Waals surface area contributed by atoms with E-state index in [-0.39, 0.29) is 11.8 Å². The molecular weight excluding hydrogens is 196 g/mol. The first kappa shape index (κ1) is 11.2. The Hall–Kier alpha value is -1.85. The molecule has 1 rings (SSSR count). The molecule has 6 nitrogen and oxygen atoms in total. The van der Waals surface area contributed by atoms with E-state index in [0.717, 1.165) is 0 Å². The Kier molecular flexibility index (Phi) is 3.84. The van der Waals surface area contributed by atoms with Crippen molar-refractivity contribution in [2.45, 2.75) is 26.4 Å². The number of nitrogens with zero attached hydrogens (tertiary/aromatic N) is 1. The molecule has 0 saturated heterocycles. The predicted octanol–water partition coefficient (Wildman–Crippen LogP) is -0.449. The van der Waals surface area contributed by atoms with Crippen molar-refractivity contribution < 1.29 is 9.59 Å². The van der Waals surface area contributed by atoms with Crippen LogP contribution in [-0.2, 0) is 16.1 Å². The van der Waals surface area contributed by atoms with Gasteiger partial charge in [0.1, 0.15) is 11.9 Å². The lowest BCUT2D eigenvalue weighted by atomic mass is 10.3. The predicted molar refractivity (Wildman–Crippen MR) is 53.7 cm³/mol. The molecule has 1 aromatic rings. The molecule has 0 aliphatic carbocycles. The minimum absolute atomic E-state index is 0.226. The van der Waals surface area contributed by atoms with Gasteiger partial charge in [-0.2, -0.15) is 0 Å². The van der Waals surface area contributed by atoms with E-state index in [9.17, 15) is 9.59 Å². The van der Waals surface area contributed by atoms with Crippen molar-refractivity contribution in [3.05, 3.63) is 18.2 Å². The van der Waals surface area contributed by atoms with E-state index in [0.29, 0.717) is 12.4 Å². The number of aromatic nitrogens is 2. The van der Waals surface area contributed by atoms with Crippen LogP contribution < -0.4 is 10.6 Å². The molecule has 0 aliphatic heterocycles. The second-order valence-electron chi connectivity index (χ2n) is 3.18. The van der Waals surface area contributed by atoms with Crippen molar-refractivity contribution in [3.63, 3.8) is 0 Å². The van der Waals surface area contributed by atoms with Gasteiger partial charge in [0.25, 0.3) is 0 Å². The molecule has 1 aromatic heterocycles. The van der Waals surface area contributed by atoms with E-state index in [1.54, 1.807) is 19.3 Å². The van der Waals surface area contributed by atoms with Crippen molar-refractivity contribution in [2.75, 3.05) is 0 Å². The van der Waals surface area contributed by atoms with Crippen molar-refractivity contribution in [1.29, 1.82) is 0 Å². The first-order valence-corrected chi connectivity index (χ1v) is 4.62. The van der Waals surface area contributed by atoms with Gasteiger partial charge in [-0.3, -0.25) is 9.59 Å². The van der Waals surface area contributed by atoms with Crippen LogP contribution in [0.3, 0.4) is 0 Å². The Bertz CT molecular complexity index is 334. The fourth-order valence-electron chi connectivity index (χ4n) is 1.09. The number of H-pyrrole nitrogens is 1. The first-order valence-electron chi connectivity index (χ1n) is 4.62. The molecule has 2 amide bonds. The second kappa shape index (κ2) is 5.14. The van der Waals surface area contributed by atoms with Crippen molar-refractivity contribution in [2.24, 2.45) is 0 Å². The van der Waals surface area contributed by atoms with E-state index in [1.807, 2.05) is 0 Å². The zero-order valence-electron chi connectivity index (χ0n) is 8.70. The van der Waals surface area contributed by atoms with Crippen molar-refractivity contribution in [3.8, 4) is 0 Å². The van der Waals surface area contributed by atoms with Crippen molar-refractivity contribution >= 4 is 11.8 Å². The Morgan fingerprint density at radius 3 is 2.87 bits per heavy atom. The van der Waals surface area contributed by atoms with Gasteiger partial charge in [-0.05, 0) is 6.92 Å². The summed E-state index contributed by atoms with van der Waals surface area (Å²) in [4.78, 5) is 28.9. The number of hydrogen-bond donors (Lipinski definition) is 3. The molecule has 6 heteroatoms. The number of aromatic amines is 1. The van der Waals surface area contributed by atoms with Crippen LogP contribution in [0.1, 0.15) is 19.7 Å². The average Bonchev–Trinajstić information content (AvgIpc) is 2.65. The maximum absolute atomic E-state index is 11.4. The molecule has 3 N–H and O–H groups in total. The maximum atomic E-state index is 11.4. The summed E-state index contributed by atoms with van der Waals surface area (Å²) in [6.07, 6.45) is 3.29. The van der Waals surface area contributed by atoms with Gasteiger partial charge < -0.3 is 15.6 Å². The molecule has 1 heterocycles. The monoisotopic (exact) mass is 210 g/mol. The number of nitrogens with one attached hydrogen (secondary N) is 3. The Labute approximate surface area is 87.5 Å². The number of carbonyl (C=O) groups is 2. The zero-order chi connectivity index (χ0) is 11.3. The Morgan fingerprint density at radius 1 is 1.60 bits per heavy atom. The number of hydrogen-bond acceptors (Lipinski definition) is 3. The molecule has 1 unspecified atom stereocenters. The third kappa shape index (κ3) is 3.80.